The van der Waals surface area contributed by atoms with Crippen molar-refractivity contribution in [1.29, 1.82) is 0 Å². The first-order chi connectivity index (χ1) is 13.0. The highest BCUT2D eigenvalue weighted by atomic mass is 35.5. The Labute approximate surface area is 170 Å². The summed E-state index contributed by atoms with van der Waals surface area (Å²) in [4.78, 5) is 31.9. The molecule has 2 aromatic rings. The first-order valence-electron chi connectivity index (χ1n) is 8.80. The lowest BCUT2D eigenvalue weighted by Gasteiger charge is -2.26. The summed E-state index contributed by atoms with van der Waals surface area (Å²) in [7, 11) is 0. The Hall–Kier alpha value is -1.83. The normalized spacial score (nSPS) is 16.4. The maximum atomic E-state index is 12.5. The molecule has 27 heavy (non-hydrogen) atoms. The van der Waals surface area contributed by atoms with Crippen LogP contribution in [0, 0.1) is 5.92 Å². The maximum Gasteiger partial charge on any atom is 0.322 e. The van der Waals surface area contributed by atoms with E-state index in [9.17, 15) is 9.59 Å². The van der Waals surface area contributed by atoms with E-state index in [-0.39, 0.29) is 17.9 Å². The molecule has 1 aromatic heterocycles. The van der Waals surface area contributed by atoms with Crippen molar-refractivity contribution in [3.8, 4) is 0 Å². The fraction of sp³-hybridized carbons (Fsp3) is 0.389. The number of rotatable bonds is 3. The summed E-state index contributed by atoms with van der Waals surface area (Å²) in [5, 5.41) is 7.22. The van der Waals surface area contributed by atoms with Crippen LogP contribution in [0.3, 0.4) is 0 Å². The predicted octanol–water partition coefficient (Wildman–Crippen LogP) is 4.78. The van der Waals surface area contributed by atoms with Crippen LogP contribution in [0.5, 0.6) is 0 Å². The van der Waals surface area contributed by atoms with Gasteiger partial charge in [0.15, 0.2) is 5.13 Å². The SMILES string of the molecule is O=C(Nc1nc2c(s1)CN(C(=O)Nc1ccc(Cl)c(Cl)c1)CC2)C1CCC1. The van der Waals surface area contributed by atoms with Crippen molar-refractivity contribution in [1.82, 2.24) is 9.88 Å². The van der Waals surface area contributed by atoms with Gasteiger partial charge in [0.2, 0.25) is 5.91 Å². The number of carbonyl (C=O) groups excluding carboxylic acids is 2. The molecule has 3 amide bonds. The zero-order valence-electron chi connectivity index (χ0n) is 14.4. The third kappa shape index (κ3) is 4.05. The number of aromatic nitrogens is 1. The Bertz CT molecular complexity index is 897. The number of amides is 3. The van der Waals surface area contributed by atoms with Crippen molar-refractivity contribution in [3.63, 3.8) is 0 Å². The third-order valence-electron chi connectivity index (χ3n) is 4.90. The average molecular weight is 425 g/mol. The Morgan fingerprint density at radius 2 is 2.00 bits per heavy atom. The van der Waals surface area contributed by atoms with Gasteiger partial charge < -0.3 is 15.5 Å². The lowest BCUT2D eigenvalue weighted by Crippen LogP contribution is -2.38. The summed E-state index contributed by atoms with van der Waals surface area (Å²) < 4.78 is 0. The largest absolute Gasteiger partial charge is 0.322 e. The summed E-state index contributed by atoms with van der Waals surface area (Å²) in [6.45, 7) is 1.04. The number of urea groups is 1. The van der Waals surface area contributed by atoms with Crippen molar-refractivity contribution >= 4 is 57.3 Å². The van der Waals surface area contributed by atoms with E-state index < -0.39 is 0 Å². The molecule has 1 saturated carbocycles. The highest BCUT2D eigenvalue weighted by molar-refractivity contribution is 7.15. The lowest BCUT2D eigenvalue weighted by molar-refractivity contribution is -0.122. The molecule has 0 radical (unpaired) electrons. The van der Waals surface area contributed by atoms with Crippen LogP contribution < -0.4 is 10.6 Å². The minimum atomic E-state index is -0.201. The van der Waals surface area contributed by atoms with E-state index in [4.69, 9.17) is 23.2 Å². The first kappa shape index (κ1) is 18.5. The number of nitrogens with zero attached hydrogens (tertiary/aromatic N) is 2. The maximum absolute atomic E-state index is 12.5. The third-order valence-corrected chi connectivity index (χ3v) is 6.63. The molecule has 0 atom stereocenters. The van der Waals surface area contributed by atoms with Gasteiger partial charge in [0.25, 0.3) is 0 Å². The van der Waals surface area contributed by atoms with E-state index >= 15 is 0 Å². The summed E-state index contributed by atoms with van der Waals surface area (Å²) in [5.74, 6) is 0.181. The molecule has 0 unspecified atom stereocenters. The van der Waals surface area contributed by atoms with Gasteiger partial charge in [-0.3, -0.25) is 4.79 Å². The van der Waals surface area contributed by atoms with Crippen molar-refractivity contribution in [2.24, 2.45) is 5.92 Å². The predicted molar refractivity (Wildman–Crippen MR) is 108 cm³/mol. The molecule has 4 rings (SSSR count). The number of fused-ring (bicyclic) bond motifs is 1. The van der Waals surface area contributed by atoms with Crippen LogP contribution in [0.25, 0.3) is 0 Å². The van der Waals surface area contributed by atoms with Crippen molar-refractivity contribution in [3.05, 3.63) is 38.8 Å². The van der Waals surface area contributed by atoms with Crippen molar-refractivity contribution in [2.75, 3.05) is 17.2 Å². The van der Waals surface area contributed by atoms with Crippen LogP contribution in [0.15, 0.2) is 18.2 Å². The van der Waals surface area contributed by atoms with Gasteiger partial charge in [0.1, 0.15) is 0 Å². The van der Waals surface area contributed by atoms with Gasteiger partial charge in [-0.15, -0.1) is 0 Å². The number of nitrogens with one attached hydrogen (secondary N) is 2. The number of halogens is 2. The van der Waals surface area contributed by atoms with Gasteiger partial charge in [-0.05, 0) is 31.0 Å². The monoisotopic (exact) mass is 424 g/mol. The van der Waals surface area contributed by atoms with Gasteiger partial charge in [0.05, 0.1) is 22.3 Å². The second-order valence-electron chi connectivity index (χ2n) is 6.74. The Morgan fingerprint density at radius 3 is 2.70 bits per heavy atom. The fourth-order valence-electron chi connectivity index (χ4n) is 3.08. The number of hydrogen-bond acceptors (Lipinski definition) is 4. The molecular weight excluding hydrogens is 407 g/mol. The van der Waals surface area contributed by atoms with E-state index in [1.54, 1.807) is 23.1 Å². The molecule has 2 aliphatic rings. The van der Waals surface area contributed by atoms with Gasteiger partial charge in [-0.25, -0.2) is 9.78 Å². The summed E-state index contributed by atoms with van der Waals surface area (Å²) in [6.07, 6.45) is 3.70. The lowest BCUT2D eigenvalue weighted by atomic mass is 9.85. The minimum Gasteiger partial charge on any atom is -0.319 e. The second-order valence-corrected chi connectivity index (χ2v) is 8.63. The van der Waals surface area contributed by atoms with Crippen LogP contribution in [0.1, 0.15) is 29.8 Å². The van der Waals surface area contributed by atoms with Crippen LogP contribution in [0.2, 0.25) is 10.0 Å². The quantitative estimate of drug-likeness (QED) is 0.744. The Morgan fingerprint density at radius 1 is 1.19 bits per heavy atom. The van der Waals surface area contributed by atoms with Crippen LogP contribution >= 0.6 is 34.5 Å². The van der Waals surface area contributed by atoms with Crippen LogP contribution in [0.4, 0.5) is 15.6 Å². The number of thiazole rings is 1. The number of anilines is 2. The molecule has 1 aliphatic carbocycles. The zero-order chi connectivity index (χ0) is 19.0. The van der Waals surface area contributed by atoms with E-state index in [2.05, 4.69) is 15.6 Å². The molecule has 1 fully saturated rings. The molecule has 1 aliphatic heterocycles. The van der Waals surface area contributed by atoms with Gasteiger partial charge in [0, 0.05) is 29.4 Å². The highest BCUT2D eigenvalue weighted by Crippen LogP contribution is 2.32. The molecule has 2 N–H and O–H groups in total. The van der Waals surface area contributed by atoms with Gasteiger partial charge in [-0.1, -0.05) is 41.0 Å². The summed E-state index contributed by atoms with van der Waals surface area (Å²) >= 11 is 13.3. The summed E-state index contributed by atoms with van der Waals surface area (Å²) in [5.41, 5.74) is 1.56. The topological polar surface area (TPSA) is 74.3 Å². The molecule has 0 saturated heterocycles. The molecule has 1 aromatic carbocycles. The van der Waals surface area contributed by atoms with Crippen LogP contribution in [-0.4, -0.2) is 28.4 Å². The molecule has 6 nitrogen and oxygen atoms in total. The minimum absolute atomic E-state index is 0.0570. The first-order valence-corrected chi connectivity index (χ1v) is 10.4. The van der Waals surface area contributed by atoms with Gasteiger partial charge in [-0.2, -0.15) is 0 Å². The number of carbonyl (C=O) groups is 2. The average Bonchev–Trinajstić information content (AvgIpc) is 2.97. The number of hydrogen-bond donors (Lipinski definition) is 2. The van der Waals surface area contributed by atoms with Crippen molar-refractivity contribution in [2.45, 2.75) is 32.2 Å². The molecule has 9 heteroatoms. The van der Waals surface area contributed by atoms with Crippen LogP contribution in [-0.2, 0) is 17.8 Å². The highest BCUT2D eigenvalue weighted by Gasteiger charge is 2.28. The molecule has 0 spiro atoms. The second kappa shape index (κ2) is 7.66. The fourth-order valence-corrected chi connectivity index (χ4v) is 4.40. The molecule has 0 bridgehead atoms. The number of benzene rings is 1. The molecular formula is C18H18Cl2N4O2S. The van der Waals surface area contributed by atoms with E-state index in [1.165, 1.54) is 11.3 Å². The van der Waals surface area contributed by atoms with E-state index in [0.29, 0.717) is 40.4 Å². The van der Waals surface area contributed by atoms with Gasteiger partial charge >= 0.3 is 6.03 Å². The Balaban J connectivity index is 1.39. The van der Waals surface area contributed by atoms with Crippen molar-refractivity contribution < 1.29 is 9.59 Å². The van der Waals surface area contributed by atoms with E-state index in [1.807, 2.05) is 0 Å². The smallest absolute Gasteiger partial charge is 0.319 e. The molecule has 142 valence electrons. The Kier molecular flexibility index (Phi) is 5.25. The molecule has 2 heterocycles. The zero-order valence-corrected chi connectivity index (χ0v) is 16.8. The standard InChI is InChI=1S/C18H18Cl2N4O2S/c19-12-5-4-11(8-13(12)20)21-18(26)24-7-6-14-15(9-24)27-17(22-14)23-16(25)10-2-1-3-10/h4-5,8,10H,1-3,6-7,9H2,(H,21,26)(H,22,23,25). The summed E-state index contributed by atoms with van der Waals surface area (Å²) in [6, 6.07) is 4.78. The van der Waals surface area contributed by atoms with E-state index in [0.717, 1.165) is 29.8 Å².